The number of carboxylic acid groups (broad SMARTS) is 2. The maximum Gasteiger partial charge on any atom is 0.336 e. The Hall–Kier alpha value is -4.48. The number of aryl methyl sites for hydroxylation is 2. The lowest BCUT2D eigenvalue weighted by Gasteiger charge is -2.21. The summed E-state index contributed by atoms with van der Waals surface area (Å²) in [5, 5.41) is 21.3. The topological polar surface area (TPSA) is 165 Å². The van der Waals surface area contributed by atoms with Gasteiger partial charge in [-0.2, -0.15) is 0 Å². The first-order valence-electron chi connectivity index (χ1n) is 15.7. The molecule has 1 aromatic heterocycles. The molecule has 0 radical (unpaired) electrons. The van der Waals surface area contributed by atoms with Crippen molar-refractivity contribution >= 4 is 45.8 Å². The summed E-state index contributed by atoms with van der Waals surface area (Å²) in [6, 6.07) is 17.0. The molecule has 5 N–H and O–H groups in total. The molecule has 248 valence electrons. The molecule has 47 heavy (non-hydrogen) atoms. The van der Waals surface area contributed by atoms with Crippen molar-refractivity contribution in [2.45, 2.75) is 72.0 Å². The van der Waals surface area contributed by atoms with Crippen LogP contribution in [-0.2, 0) is 22.6 Å². The normalized spacial score (nSPS) is 12.6. The molecule has 10 nitrogen and oxygen atoms in total. The number of carbonyl (C=O) groups excluding carboxylic acids is 2. The van der Waals surface area contributed by atoms with Gasteiger partial charge in [-0.1, -0.05) is 75.0 Å². The number of carboxylic acids is 2. The van der Waals surface area contributed by atoms with E-state index >= 15 is 0 Å². The molecule has 0 unspecified atom stereocenters. The minimum Gasteiger partial charge on any atom is -0.481 e. The van der Waals surface area contributed by atoms with Gasteiger partial charge in [0.1, 0.15) is 5.82 Å². The van der Waals surface area contributed by atoms with E-state index in [2.05, 4.69) is 16.8 Å². The van der Waals surface area contributed by atoms with Crippen molar-refractivity contribution in [1.29, 1.82) is 0 Å². The first-order chi connectivity index (χ1) is 22.4. The van der Waals surface area contributed by atoms with Gasteiger partial charge in [0, 0.05) is 30.3 Å². The van der Waals surface area contributed by atoms with Gasteiger partial charge in [0.2, 0.25) is 5.12 Å². The van der Waals surface area contributed by atoms with Crippen molar-refractivity contribution in [1.82, 2.24) is 14.9 Å². The highest BCUT2D eigenvalue weighted by Crippen LogP contribution is 2.27. The lowest BCUT2D eigenvalue weighted by molar-refractivity contribution is -0.138. The summed E-state index contributed by atoms with van der Waals surface area (Å²) in [6.07, 6.45) is 1.84. The number of aliphatic carboxylic acids is 1. The van der Waals surface area contributed by atoms with E-state index in [1.807, 2.05) is 63.2 Å². The number of nitrogens with one attached hydrogen (secondary N) is 1. The fraction of sp³-hybridized carbons (Fsp3) is 0.361. The fourth-order valence-corrected chi connectivity index (χ4v) is 6.51. The molecule has 0 aliphatic carbocycles. The standard InChI is InChI=1S/C36H42N4O6S/c1-5-8-31-39-33-22(4)16-25(34(43)38-26(15-21(2)3)20-47-36(46)29(37)18-32(41)42)17-30(33)40(31)19-23-11-13-24(14-12-23)27-9-6-7-10-28(27)35(44)45/h6-7,9-14,16-17,21,26,29H,5,8,15,18-20,37H2,1-4H3,(H,38,43)(H,41,42)(H,44,45)/t26-,29-/m1/s1. The summed E-state index contributed by atoms with van der Waals surface area (Å²) < 4.78 is 2.13. The molecule has 4 aromatic rings. The highest BCUT2D eigenvalue weighted by atomic mass is 32.2. The number of carbonyl (C=O) groups is 4. The summed E-state index contributed by atoms with van der Waals surface area (Å²) in [7, 11) is 0. The minimum absolute atomic E-state index is 0.245. The van der Waals surface area contributed by atoms with Crippen LogP contribution < -0.4 is 11.1 Å². The zero-order chi connectivity index (χ0) is 34.2. The van der Waals surface area contributed by atoms with Gasteiger partial charge in [0.05, 0.1) is 29.1 Å². The number of rotatable bonds is 15. The number of amides is 1. The summed E-state index contributed by atoms with van der Waals surface area (Å²) in [6.45, 7) is 8.61. The van der Waals surface area contributed by atoms with E-state index in [1.54, 1.807) is 18.2 Å². The molecule has 0 saturated carbocycles. The Bertz CT molecular complexity index is 1770. The van der Waals surface area contributed by atoms with Crippen LogP contribution in [0.5, 0.6) is 0 Å². The highest BCUT2D eigenvalue weighted by molar-refractivity contribution is 8.13. The number of hydrogen-bond acceptors (Lipinski definition) is 7. The second kappa shape index (κ2) is 15.9. The van der Waals surface area contributed by atoms with Crippen LogP contribution in [0.2, 0.25) is 0 Å². The lowest BCUT2D eigenvalue weighted by atomic mass is 9.98. The van der Waals surface area contributed by atoms with Gasteiger partial charge >= 0.3 is 11.9 Å². The van der Waals surface area contributed by atoms with Gasteiger partial charge in [0.25, 0.3) is 5.91 Å². The Labute approximate surface area is 278 Å². The Balaban J connectivity index is 1.60. The number of nitrogens with zero attached hydrogens (tertiary/aromatic N) is 2. The van der Waals surface area contributed by atoms with Crippen molar-refractivity contribution in [3.63, 3.8) is 0 Å². The average molecular weight is 659 g/mol. The number of imidazole rings is 1. The van der Waals surface area contributed by atoms with Crippen LogP contribution in [0.3, 0.4) is 0 Å². The average Bonchev–Trinajstić information content (AvgIpc) is 3.36. The van der Waals surface area contributed by atoms with Crippen molar-refractivity contribution in [3.05, 3.63) is 88.7 Å². The van der Waals surface area contributed by atoms with Gasteiger partial charge in [-0.25, -0.2) is 9.78 Å². The zero-order valence-electron chi connectivity index (χ0n) is 27.2. The van der Waals surface area contributed by atoms with Crippen molar-refractivity contribution < 1.29 is 29.4 Å². The van der Waals surface area contributed by atoms with Crippen LogP contribution in [0.15, 0.2) is 60.7 Å². The molecule has 2 atom stereocenters. The molecule has 0 aliphatic rings. The van der Waals surface area contributed by atoms with Gasteiger partial charge in [-0.15, -0.1) is 0 Å². The molecule has 4 rings (SSSR count). The third-order valence-electron chi connectivity index (χ3n) is 7.84. The third-order valence-corrected chi connectivity index (χ3v) is 8.99. The van der Waals surface area contributed by atoms with Gasteiger partial charge in [-0.05, 0) is 66.1 Å². The van der Waals surface area contributed by atoms with E-state index in [1.165, 1.54) is 0 Å². The molecule has 0 bridgehead atoms. The van der Waals surface area contributed by atoms with E-state index in [-0.39, 0.29) is 29.2 Å². The third kappa shape index (κ3) is 9.08. The number of thioether (sulfide) groups is 1. The van der Waals surface area contributed by atoms with Gasteiger partial charge < -0.3 is 25.8 Å². The SMILES string of the molecule is CCCc1nc2c(C)cc(C(=O)N[C@@H](CSC(=O)[C@H](N)CC(=O)O)CC(C)C)cc2n1Cc1ccc(-c2ccccc2C(=O)O)cc1. The summed E-state index contributed by atoms with van der Waals surface area (Å²) >= 11 is 0.948. The van der Waals surface area contributed by atoms with E-state index in [0.29, 0.717) is 24.1 Å². The van der Waals surface area contributed by atoms with Crippen molar-refractivity contribution in [3.8, 4) is 11.1 Å². The number of benzene rings is 3. The molecule has 0 aliphatic heterocycles. The van der Waals surface area contributed by atoms with Crippen LogP contribution in [0, 0.1) is 12.8 Å². The second-order valence-electron chi connectivity index (χ2n) is 12.2. The van der Waals surface area contributed by atoms with Gasteiger partial charge in [0.15, 0.2) is 0 Å². The molecular weight excluding hydrogens is 616 g/mol. The quantitative estimate of drug-likeness (QED) is 0.121. The van der Waals surface area contributed by atoms with E-state index < -0.39 is 29.5 Å². The number of hydrogen-bond donors (Lipinski definition) is 4. The molecule has 1 amide bonds. The van der Waals surface area contributed by atoms with Crippen molar-refractivity contribution in [2.24, 2.45) is 11.7 Å². The molecule has 3 aromatic carbocycles. The smallest absolute Gasteiger partial charge is 0.336 e. The second-order valence-corrected chi connectivity index (χ2v) is 13.2. The van der Waals surface area contributed by atoms with E-state index in [0.717, 1.165) is 58.2 Å². The Morgan fingerprint density at radius 3 is 2.36 bits per heavy atom. The van der Waals surface area contributed by atoms with Crippen LogP contribution in [0.4, 0.5) is 0 Å². The Kier molecular flexibility index (Phi) is 12.0. The molecule has 0 saturated heterocycles. The van der Waals surface area contributed by atoms with Crippen LogP contribution >= 0.6 is 11.8 Å². The molecule has 0 fully saturated rings. The summed E-state index contributed by atoms with van der Waals surface area (Å²) in [5.74, 6) is -0.942. The summed E-state index contributed by atoms with van der Waals surface area (Å²) in [4.78, 5) is 53.7. The van der Waals surface area contributed by atoms with E-state index in [4.69, 9.17) is 15.8 Å². The maximum absolute atomic E-state index is 13.6. The first-order valence-corrected chi connectivity index (χ1v) is 16.7. The Morgan fingerprint density at radius 1 is 1.02 bits per heavy atom. The van der Waals surface area contributed by atoms with Crippen LogP contribution in [0.1, 0.15) is 77.7 Å². The largest absolute Gasteiger partial charge is 0.481 e. The molecule has 11 heteroatoms. The minimum atomic E-state index is -1.14. The summed E-state index contributed by atoms with van der Waals surface area (Å²) in [5.41, 5.74) is 11.5. The number of nitrogens with two attached hydrogens (primary N) is 1. The van der Waals surface area contributed by atoms with Crippen LogP contribution in [-0.4, -0.2) is 60.6 Å². The predicted octanol–water partition coefficient (Wildman–Crippen LogP) is 5.92. The highest BCUT2D eigenvalue weighted by Gasteiger charge is 2.23. The van der Waals surface area contributed by atoms with Gasteiger partial charge in [-0.3, -0.25) is 14.4 Å². The lowest BCUT2D eigenvalue weighted by Crippen LogP contribution is -2.39. The maximum atomic E-state index is 13.6. The first kappa shape index (κ1) is 35.4. The number of fused-ring (bicyclic) bond motifs is 1. The molecular formula is C36H42N4O6S. The van der Waals surface area contributed by atoms with E-state index in [9.17, 15) is 24.3 Å². The predicted molar refractivity (Wildman–Crippen MR) is 185 cm³/mol. The monoisotopic (exact) mass is 658 g/mol. The zero-order valence-corrected chi connectivity index (χ0v) is 28.0. The number of aromatic carboxylic acids is 1. The molecule has 0 spiro atoms. The molecule has 1 heterocycles. The van der Waals surface area contributed by atoms with Crippen LogP contribution in [0.25, 0.3) is 22.2 Å². The Morgan fingerprint density at radius 2 is 1.72 bits per heavy atom. The number of aromatic nitrogens is 2. The fourth-order valence-electron chi connectivity index (χ4n) is 5.62. The van der Waals surface area contributed by atoms with Crippen molar-refractivity contribution in [2.75, 3.05) is 5.75 Å².